The van der Waals surface area contributed by atoms with Gasteiger partial charge < -0.3 is 4.90 Å². The molecule has 0 unspecified atom stereocenters. The van der Waals surface area contributed by atoms with Crippen molar-refractivity contribution in [2.75, 3.05) is 7.05 Å². The zero-order valence-corrected chi connectivity index (χ0v) is 15.0. The number of hydrogen-bond acceptors (Lipinski definition) is 5. The van der Waals surface area contributed by atoms with E-state index in [1.54, 1.807) is 30.1 Å². The molecule has 0 aliphatic heterocycles. The molecular weight excluding hydrogens is 341 g/mol. The molecule has 0 N–H and O–H groups in total. The van der Waals surface area contributed by atoms with E-state index in [4.69, 9.17) is 0 Å². The van der Waals surface area contributed by atoms with Crippen LogP contribution >= 0.6 is 11.3 Å². The minimum absolute atomic E-state index is 0.164. The predicted molar refractivity (Wildman–Crippen MR) is 92.9 cm³/mol. The maximum atomic E-state index is 13.7. The Labute approximate surface area is 148 Å². The van der Waals surface area contributed by atoms with Gasteiger partial charge in [0, 0.05) is 23.7 Å². The molecule has 0 spiro atoms. The summed E-state index contributed by atoms with van der Waals surface area (Å²) < 4.78 is 15.2. The Morgan fingerprint density at radius 3 is 2.84 bits per heavy atom. The van der Waals surface area contributed by atoms with Crippen LogP contribution in [0.1, 0.15) is 39.7 Å². The molecule has 6 nitrogen and oxygen atoms in total. The Bertz CT molecular complexity index is 891. The number of halogens is 1. The largest absolute Gasteiger partial charge is 0.331 e. The Kier molecular flexibility index (Phi) is 4.89. The summed E-state index contributed by atoms with van der Waals surface area (Å²) >= 11 is 1.52. The molecule has 1 amide bonds. The van der Waals surface area contributed by atoms with Crippen LogP contribution < -0.4 is 0 Å². The van der Waals surface area contributed by atoms with Crippen LogP contribution in [0.2, 0.25) is 0 Å². The minimum atomic E-state index is -0.309. The van der Waals surface area contributed by atoms with Crippen LogP contribution in [-0.4, -0.2) is 37.8 Å². The highest BCUT2D eigenvalue weighted by molar-refractivity contribution is 7.09. The van der Waals surface area contributed by atoms with Crippen molar-refractivity contribution in [1.29, 1.82) is 0 Å². The maximum Gasteiger partial charge on any atom is 0.276 e. The van der Waals surface area contributed by atoms with Crippen LogP contribution in [0.15, 0.2) is 35.8 Å². The first-order valence-electron chi connectivity index (χ1n) is 7.78. The first-order valence-corrected chi connectivity index (χ1v) is 8.66. The van der Waals surface area contributed by atoms with Crippen molar-refractivity contribution in [2.24, 2.45) is 0 Å². The van der Waals surface area contributed by atoms with E-state index >= 15 is 0 Å². The summed E-state index contributed by atoms with van der Waals surface area (Å²) in [5.41, 5.74) is 1.65. The van der Waals surface area contributed by atoms with E-state index in [2.05, 4.69) is 15.3 Å². The number of carbonyl (C=O) groups excluding carboxylic acids is 1. The number of aryl methyl sites for hydroxylation is 1. The highest BCUT2D eigenvalue weighted by Crippen LogP contribution is 2.23. The molecule has 2 aromatic heterocycles. The molecule has 25 heavy (non-hydrogen) atoms. The first-order chi connectivity index (χ1) is 12.0. The molecule has 0 radical (unpaired) electrons. The summed E-state index contributed by atoms with van der Waals surface area (Å²) in [4.78, 5) is 18.6. The average molecular weight is 359 g/mol. The molecule has 0 fully saturated rings. The second-order valence-corrected chi connectivity index (χ2v) is 6.70. The van der Waals surface area contributed by atoms with Gasteiger partial charge in [0.1, 0.15) is 10.8 Å². The summed E-state index contributed by atoms with van der Waals surface area (Å²) in [6.45, 7) is 4.06. The van der Waals surface area contributed by atoms with Crippen molar-refractivity contribution in [3.8, 4) is 0 Å². The van der Waals surface area contributed by atoms with Gasteiger partial charge in [-0.2, -0.15) is 0 Å². The fourth-order valence-corrected chi connectivity index (χ4v) is 3.26. The van der Waals surface area contributed by atoms with Crippen molar-refractivity contribution in [2.45, 2.75) is 26.4 Å². The Morgan fingerprint density at radius 1 is 1.40 bits per heavy atom. The average Bonchev–Trinajstić information content (AvgIpc) is 3.24. The number of hydrogen-bond donors (Lipinski definition) is 0. The van der Waals surface area contributed by atoms with Crippen LogP contribution in [0.25, 0.3) is 0 Å². The van der Waals surface area contributed by atoms with Gasteiger partial charge in [-0.25, -0.2) is 14.1 Å². The van der Waals surface area contributed by atoms with Gasteiger partial charge in [-0.15, -0.1) is 16.4 Å². The number of rotatable bonds is 5. The molecule has 1 atom stereocenters. The summed E-state index contributed by atoms with van der Waals surface area (Å²) in [7, 11) is 1.71. The molecule has 0 aliphatic rings. The van der Waals surface area contributed by atoms with Crippen molar-refractivity contribution in [1.82, 2.24) is 24.9 Å². The molecule has 0 bridgehead atoms. The Hall–Kier alpha value is -2.61. The quantitative estimate of drug-likeness (QED) is 0.702. The van der Waals surface area contributed by atoms with Gasteiger partial charge in [0.05, 0.1) is 18.8 Å². The molecule has 0 saturated carbocycles. The summed E-state index contributed by atoms with van der Waals surface area (Å²) in [5.74, 6) is -0.559. The van der Waals surface area contributed by atoms with Crippen molar-refractivity contribution < 1.29 is 9.18 Å². The molecule has 8 heteroatoms. The lowest BCUT2D eigenvalue weighted by Crippen LogP contribution is -2.30. The van der Waals surface area contributed by atoms with Gasteiger partial charge in [0.15, 0.2) is 5.69 Å². The van der Waals surface area contributed by atoms with Gasteiger partial charge in [-0.1, -0.05) is 23.4 Å². The van der Waals surface area contributed by atoms with E-state index in [-0.39, 0.29) is 30.0 Å². The van der Waals surface area contributed by atoms with Crippen LogP contribution in [0.5, 0.6) is 0 Å². The molecular formula is C17H18FN5OS. The normalized spacial score (nSPS) is 12.2. The van der Waals surface area contributed by atoms with Gasteiger partial charge >= 0.3 is 0 Å². The fraction of sp³-hybridized carbons (Fsp3) is 0.294. The molecule has 3 aromatic rings. The van der Waals surface area contributed by atoms with E-state index in [1.165, 1.54) is 28.3 Å². The van der Waals surface area contributed by atoms with Crippen molar-refractivity contribution in [3.63, 3.8) is 0 Å². The zero-order chi connectivity index (χ0) is 18.0. The third kappa shape index (κ3) is 3.74. The van der Waals surface area contributed by atoms with Gasteiger partial charge in [0.2, 0.25) is 0 Å². The van der Waals surface area contributed by atoms with Crippen LogP contribution in [-0.2, 0) is 6.54 Å². The molecule has 130 valence electrons. The van der Waals surface area contributed by atoms with E-state index in [0.29, 0.717) is 5.56 Å². The minimum Gasteiger partial charge on any atom is -0.331 e. The lowest BCUT2D eigenvalue weighted by Gasteiger charge is -2.22. The molecule has 2 heterocycles. The SMILES string of the molecule is Cc1csc([C@H](C)N(C)C(=O)c2cn(Cc3ccccc3F)nn2)n1. The number of benzene rings is 1. The van der Waals surface area contributed by atoms with E-state index in [9.17, 15) is 9.18 Å². The molecule has 0 aliphatic carbocycles. The van der Waals surface area contributed by atoms with Crippen LogP contribution in [0.3, 0.4) is 0 Å². The fourth-order valence-electron chi connectivity index (χ4n) is 2.36. The highest BCUT2D eigenvalue weighted by Gasteiger charge is 2.23. The molecule has 0 saturated heterocycles. The topological polar surface area (TPSA) is 63.9 Å². The summed E-state index contributed by atoms with van der Waals surface area (Å²) in [6, 6.07) is 6.29. The summed E-state index contributed by atoms with van der Waals surface area (Å²) in [6.07, 6.45) is 1.53. The Balaban J connectivity index is 1.73. The number of thiazole rings is 1. The number of nitrogens with zero attached hydrogens (tertiary/aromatic N) is 5. The van der Waals surface area contributed by atoms with Crippen molar-refractivity contribution in [3.05, 3.63) is 63.6 Å². The van der Waals surface area contributed by atoms with E-state index in [1.807, 2.05) is 19.2 Å². The predicted octanol–water partition coefficient (Wildman–Crippen LogP) is 3.06. The summed E-state index contributed by atoms with van der Waals surface area (Å²) in [5, 5.41) is 10.7. The van der Waals surface area contributed by atoms with Gasteiger partial charge in [-0.05, 0) is 19.9 Å². The first kappa shape index (κ1) is 17.2. The third-order valence-corrected chi connectivity index (χ3v) is 5.08. The second kappa shape index (κ2) is 7.10. The van der Waals surface area contributed by atoms with E-state index < -0.39 is 0 Å². The van der Waals surface area contributed by atoms with Gasteiger partial charge in [0.25, 0.3) is 5.91 Å². The Morgan fingerprint density at radius 2 is 2.16 bits per heavy atom. The maximum absolute atomic E-state index is 13.7. The van der Waals surface area contributed by atoms with E-state index in [0.717, 1.165) is 10.7 Å². The number of aromatic nitrogens is 4. The zero-order valence-electron chi connectivity index (χ0n) is 14.2. The second-order valence-electron chi connectivity index (χ2n) is 5.81. The van der Waals surface area contributed by atoms with Gasteiger partial charge in [-0.3, -0.25) is 4.79 Å². The van der Waals surface area contributed by atoms with Crippen LogP contribution in [0.4, 0.5) is 4.39 Å². The highest BCUT2D eigenvalue weighted by atomic mass is 32.1. The number of carbonyl (C=O) groups is 1. The lowest BCUT2D eigenvalue weighted by atomic mass is 10.2. The molecule has 1 aromatic carbocycles. The van der Waals surface area contributed by atoms with Crippen LogP contribution in [0, 0.1) is 12.7 Å². The lowest BCUT2D eigenvalue weighted by molar-refractivity contribution is 0.0736. The van der Waals surface area contributed by atoms with Crippen molar-refractivity contribution >= 4 is 17.2 Å². The number of amides is 1. The molecule has 3 rings (SSSR count). The standard InChI is InChI=1S/C17H18FN5OS/c1-11-10-25-16(19-11)12(2)22(3)17(24)15-9-23(21-20-15)8-13-6-4-5-7-14(13)18/h4-7,9-10,12H,8H2,1-3H3/t12-/m0/s1. The smallest absolute Gasteiger partial charge is 0.276 e. The monoisotopic (exact) mass is 359 g/mol. The third-order valence-electron chi connectivity index (χ3n) is 3.94.